The molecule has 0 spiro atoms. The van der Waals surface area contributed by atoms with Gasteiger partial charge in [0.05, 0.1) is 10.7 Å². The number of nitrogens with zero attached hydrogens (tertiary/aromatic N) is 3. The summed E-state index contributed by atoms with van der Waals surface area (Å²) >= 11 is 12.0. The average Bonchev–Trinajstić information content (AvgIpc) is 2.64. The van der Waals surface area contributed by atoms with E-state index < -0.39 is 6.10 Å². The number of hydrogen-bond acceptors (Lipinski definition) is 3. The van der Waals surface area contributed by atoms with Crippen LogP contribution in [0.15, 0.2) is 18.2 Å². The van der Waals surface area contributed by atoms with Crippen LogP contribution in [0, 0.1) is 6.92 Å². The highest BCUT2D eigenvalue weighted by Gasteiger charge is 2.16. The van der Waals surface area contributed by atoms with E-state index in [0.717, 1.165) is 0 Å². The minimum atomic E-state index is -0.730. The third-order valence-electron chi connectivity index (χ3n) is 2.25. The Morgan fingerprint density at radius 1 is 1.35 bits per heavy atom. The van der Waals surface area contributed by atoms with Crippen molar-refractivity contribution in [2.75, 3.05) is 0 Å². The third-order valence-corrected chi connectivity index (χ3v) is 2.80. The molecule has 0 unspecified atom stereocenters. The highest BCUT2D eigenvalue weighted by molar-refractivity contribution is 6.34. The zero-order valence-electron chi connectivity index (χ0n) is 9.35. The maximum atomic E-state index is 9.64. The highest BCUT2D eigenvalue weighted by Crippen LogP contribution is 2.26. The lowest BCUT2D eigenvalue weighted by Crippen LogP contribution is -2.06. The third kappa shape index (κ3) is 2.44. The molecule has 0 aliphatic rings. The minimum absolute atomic E-state index is 0.437. The van der Waals surface area contributed by atoms with E-state index in [2.05, 4.69) is 10.1 Å². The van der Waals surface area contributed by atoms with Crippen LogP contribution >= 0.6 is 23.2 Å². The quantitative estimate of drug-likeness (QED) is 0.914. The van der Waals surface area contributed by atoms with E-state index in [0.29, 0.717) is 27.4 Å². The van der Waals surface area contributed by atoms with Gasteiger partial charge in [0, 0.05) is 5.02 Å². The van der Waals surface area contributed by atoms with Gasteiger partial charge in [0.2, 0.25) is 0 Å². The van der Waals surface area contributed by atoms with E-state index in [4.69, 9.17) is 23.2 Å². The monoisotopic (exact) mass is 271 g/mol. The van der Waals surface area contributed by atoms with Gasteiger partial charge in [-0.2, -0.15) is 5.10 Å². The molecule has 2 rings (SSSR count). The molecule has 4 nitrogen and oxygen atoms in total. The van der Waals surface area contributed by atoms with Crippen LogP contribution in [0.5, 0.6) is 0 Å². The molecule has 0 aliphatic heterocycles. The Kier molecular flexibility index (Phi) is 3.38. The first-order chi connectivity index (χ1) is 7.99. The first kappa shape index (κ1) is 12.4. The molecule has 90 valence electrons. The van der Waals surface area contributed by atoms with Gasteiger partial charge in [-0.25, -0.2) is 9.67 Å². The second-order valence-electron chi connectivity index (χ2n) is 3.70. The summed E-state index contributed by atoms with van der Waals surface area (Å²) in [6.07, 6.45) is -0.730. The number of aryl methyl sites for hydroxylation is 1. The molecule has 1 N–H and O–H groups in total. The summed E-state index contributed by atoms with van der Waals surface area (Å²) in [7, 11) is 0. The van der Waals surface area contributed by atoms with Crippen molar-refractivity contribution in [3.63, 3.8) is 0 Å². The lowest BCUT2D eigenvalue weighted by atomic mass is 10.3. The Morgan fingerprint density at radius 2 is 2.06 bits per heavy atom. The zero-order chi connectivity index (χ0) is 12.6. The number of halogens is 2. The molecule has 2 aromatic rings. The van der Waals surface area contributed by atoms with Crippen LogP contribution < -0.4 is 0 Å². The van der Waals surface area contributed by atoms with Crippen molar-refractivity contribution >= 4 is 23.2 Å². The molecule has 1 aromatic carbocycles. The number of aliphatic hydroxyl groups is 1. The molecule has 1 aromatic heterocycles. The second-order valence-corrected chi connectivity index (χ2v) is 4.54. The molecular weight excluding hydrogens is 261 g/mol. The lowest BCUT2D eigenvalue weighted by Gasteiger charge is -2.09. The molecule has 0 fully saturated rings. The average molecular weight is 272 g/mol. The Hall–Kier alpha value is -1.10. The molecule has 1 atom stereocenters. The summed E-state index contributed by atoms with van der Waals surface area (Å²) in [6, 6.07) is 5.06. The van der Waals surface area contributed by atoms with Crippen LogP contribution in [0.25, 0.3) is 5.69 Å². The largest absolute Gasteiger partial charge is 0.385 e. The summed E-state index contributed by atoms with van der Waals surface area (Å²) in [5.41, 5.74) is 0.607. The lowest BCUT2D eigenvalue weighted by molar-refractivity contribution is 0.186. The summed E-state index contributed by atoms with van der Waals surface area (Å²) in [5.74, 6) is 1.00. The fourth-order valence-electron chi connectivity index (χ4n) is 1.53. The number of hydrogen-bond donors (Lipinski definition) is 1. The molecule has 0 saturated carbocycles. The molecule has 0 bridgehead atoms. The van der Waals surface area contributed by atoms with Crippen LogP contribution in [-0.4, -0.2) is 19.9 Å². The number of benzene rings is 1. The minimum Gasteiger partial charge on any atom is -0.385 e. The number of aromatic nitrogens is 3. The molecule has 1 heterocycles. The van der Waals surface area contributed by atoms with Crippen LogP contribution in [0.1, 0.15) is 24.7 Å². The predicted molar refractivity (Wildman–Crippen MR) is 66.7 cm³/mol. The van der Waals surface area contributed by atoms with E-state index >= 15 is 0 Å². The van der Waals surface area contributed by atoms with Gasteiger partial charge >= 0.3 is 0 Å². The van der Waals surface area contributed by atoms with E-state index in [1.165, 1.54) is 4.68 Å². The van der Waals surface area contributed by atoms with Crippen molar-refractivity contribution in [3.8, 4) is 5.69 Å². The Labute approximate surface area is 109 Å². The maximum absolute atomic E-state index is 9.64. The van der Waals surface area contributed by atoms with Crippen molar-refractivity contribution < 1.29 is 5.11 Å². The second kappa shape index (κ2) is 4.64. The number of aliphatic hydroxyl groups excluding tert-OH is 1. The van der Waals surface area contributed by atoms with Gasteiger partial charge in [0.25, 0.3) is 0 Å². The van der Waals surface area contributed by atoms with E-state index in [-0.39, 0.29) is 0 Å². The standard InChI is InChI=1S/C11H11Cl2N3O/c1-6(17)11-14-7(2)15-16(11)10-5-8(12)3-4-9(10)13/h3-6,17H,1-2H3/t6-/m0/s1. The summed E-state index contributed by atoms with van der Waals surface area (Å²) < 4.78 is 1.51. The van der Waals surface area contributed by atoms with E-state index in [9.17, 15) is 5.11 Å². The summed E-state index contributed by atoms with van der Waals surface area (Å²) in [5, 5.41) is 14.9. The van der Waals surface area contributed by atoms with Gasteiger partial charge < -0.3 is 5.11 Å². The molecule has 0 aliphatic carbocycles. The van der Waals surface area contributed by atoms with Crippen molar-refractivity contribution in [1.82, 2.24) is 14.8 Å². The molecule has 0 saturated heterocycles. The summed E-state index contributed by atoms with van der Waals surface area (Å²) in [6.45, 7) is 3.37. The van der Waals surface area contributed by atoms with Gasteiger partial charge in [-0.05, 0) is 32.0 Å². The van der Waals surface area contributed by atoms with Gasteiger partial charge in [-0.15, -0.1) is 0 Å². The fourth-order valence-corrected chi connectivity index (χ4v) is 1.89. The smallest absolute Gasteiger partial charge is 0.160 e. The number of rotatable bonds is 2. The first-order valence-corrected chi connectivity index (χ1v) is 5.81. The van der Waals surface area contributed by atoms with Gasteiger partial charge in [0.1, 0.15) is 11.9 Å². The van der Waals surface area contributed by atoms with Crippen molar-refractivity contribution in [3.05, 3.63) is 39.9 Å². The summed E-state index contributed by atoms with van der Waals surface area (Å²) in [4.78, 5) is 4.16. The van der Waals surface area contributed by atoms with Crippen LogP contribution in [-0.2, 0) is 0 Å². The topological polar surface area (TPSA) is 50.9 Å². The normalized spacial score (nSPS) is 12.8. The maximum Gasteiger partial charge on any atom is 0.160 e. The Morgan fingerprint density at radius 3 is 2.71 bits per heavy atom. The van der Waals surface area contributed by atoms with E-state index in [1.54, 1.807) is 32.0 Å². The molecule has 0 radical (unpaired) electrons. The van der Waals surface area contributed by atoms with Crippen LogP contribution in [0.4, 0.5) is 0 Å². The SMILES string of the molecule is Cc1nc([C@H](C)O)n(-c2cc(Cl)ccc2Cl)n1. The Bertz CT molecular complexity index is 552. The van der Waals surface area contributed by atoms with Crippen molar-refractivity contribution in [2.24, 2.45) is 0 Å². The molecular formula is C11H11Cl2N3O. The Balaban J connectivity index is 2.63. The van der Waals surface area contributed by atoms with Crippen molar-refractivity contribution in [1.29, 1.82) is 0 Å². The van der Waals surface area contributed by atoms with E-state index in [1.807, 2.05) is 0 Å². The van der Waals surface area contributed by atoms with Crippen molar-refractivity contribution in [2.45, 2.75) is 20.0 Å². The van der Waals surface area contributed by atoms with Crippen LogP contribution in [0.2, 0.25) is 10.0 Å². The fraction of sp³-hybridized carbons (Fsp3) is 0.273. The highest BCUT2D eigenvalue weighted by atomic mass is 35.5. The van der Waals surface area contributed by atoms with Gasteiger partial charge in [-0.1, -0.05) is 23.2 Å². The molecule has 6 heteroatoms. The zero-order valence-corrected chi connectivity index (χ0v) is 10.9. The van der Waals surface area contributed by atoms with Crippen LogP contribution in [0.3, 0.4) is 0 Å². The molecule has 17 heavy (non-hydrogen) atoms. The predicted octanol–water partition coefficient (Wildman–Crippen LogP) is 2.94. The van der Waals surface area contributed by atoms with Gasteiger partial charge in [-0.3, -0.25) is 0 Å². The van der Waals surface area contributed by atoms with Gasteiger partial charge in [0.15, 0.2) is 5.82 Å². The molecule has 0 amide bonds. The first-order valence-electron chi connectivity index (χ1n) is 5.06.